The number of likely N-dealkylation sites (N-methyl/N-ethyl adjacent to an activating group) is 1. The van der Waals surface area contributed by atoms with Crippen molar-refractivity contribution in [1.29, 1.82) is 0 Å². The number of nitrogens with one attached hydrogen (secondary N) is 1. The van der Waals surface area contributed by atoms with E-state index in [1.807, 2.05) is 0 Å². The lowest BCUT2D eigenvalue weighted by Crippen LogP contribution is -2.48. The Bertz CT molecular complexity index is 900. The van der Waals surface area contributed by atoms with Crippen molar-refractivity contribution in [1.82, 2.24) is 10.2 Å². The summed E-state index contributed by atoms with van der Waals surface area (Å²) in [6.07, 6.45) is 0.122. The van der Waals surface area contributed by atoms with Crippen molar-refractivity contribution < 1.29 is 14.5 Å². The highest BCUT2D eigenvalue weighted by Gasteiger charge is 2.30. The maximum absolute atomic E-state index is 13.2. The lowest BCUT2D eigenvalue weighted by molar-refractivity contribution is -0.385. The minimum absolute atomic E-state index is 0.00387. The molecule has 0 spiro atoms. The van der Waals surface area contributed by atoms with E-state index in [4.69, 9.17) is 23.2 Å². The molecular formula is C20H21Cl2N3O4. The van der Waals surface area contributed by atoms with Gasteiger partial charge in [-0.05, 0) is 18.6 Å². The Morgan fingerprint density at radius 1 is 1.14 bits per heavy atom. The van der Waals surface area contributed by atoms with Gasteiger partial charge >= 0.3 is 0 Å². The monoisotopic (exact) mass is 437 g/mol. The Kier molecular flexibility index (Phi) is 7.99. The molecule has 154 valence electrons. The van der Waals surface area contributed by atoms with Crippen LogP contribution in [0.15, 0.2) is 42.5 Å². The zero-order valence-corrected chi connectivity index (χ0v) is 17.5. The Morgan fingerprint density at radius 2 is 1.76 bits per heavy atom. The summed E-state index contributed by atoms with van der Waals surface area (Å²) in [7, 11) is 1.48. The van der Waals surface area contributed by atoms with Gasteiger partial charge in [-0.2, -0.15) is 0 Å². The summed E-state index contributed by atoms with van der Waals surface area (Å²) < 4.78 is 0. The third-order valence-corrected chi connectivity index (χ3v) is 5.26. The molecule has 0 saturated carbocycles. The third-order valence-electron chi connectivity index (χ3n) is 4.55. The Morgan fingerprint density at radius 3 is 2.31 bits per heavy atom. The first-order valence-electron chi connectivity index (χ1n) is 8.96. The van der Waals surface area contributed by atoms with E-state index >= 15 is 0 Å². The molecule has 0 aliphatic heterocycles. The summed E-state index contributed by atoms with van der Waals surface area (Å²) in [6, 6.07) is 10.2. The molecule has 0 fully saturated rings. The SMILES string of the molecule is CC[C@H](C(=O)NC)N(Cc1c(Cl)cccc1Cl)C(=O)Cc1ccccc1[N+](=O)[O-]. The van der Waals surface area contributed by atoms with Crippen molar-refractivity contribution in [2.45, 2.75) is 32.4 Å². The number of hydrogen-bond acceptors (Lipinski definition) is 4. The largest absolute Gasteiger partial charge is 0.357 e. The number of nitro benzene ring substituents is 1. The molecule has 0 aliphatic rings. The molecule has 1 atom stereocenters. The van der Waals surface area contributed by atoms with Crippen LogP contribution in [0.5, 0.6) is 0 Å². The van der Waals surface area contributed by atoms with E-state index in [2.05, 4.69) is 5.32 Å². The minimum atomic E-state index is -0.775. The molecule has 0 bridgehead atoms. The number of nitro groups is 1. The summed E-state index contributed by atoms with van der Waals surface area (Å²) in [5.41, 5.74) is 0.628. The van der Waals surface area contributed by atoms with Gasteiger partial charge in [-0.3, -0.25) is 19.7 Å². The van der Waals surface area contributed by atoms with Crippen LogP contribution in [0.3, 0.4) is 0 Å². The van der Waals surface area contributed by atoms with E-state index in [1.54, 1.807) is 31.2 Å². The first-order valence-corrected chi connectivity index (χ1v) is 9.71. The van der Waals surface area contributed by atoms with Crippen LogP contribution in [0, 0.1) is 10.1 Å². The van der Waals surface area contributed by atoms with Crippen LogP contribution in [0.1, 0.15) is 24.5 Å². The normalized spacial score (nSPS) is 11.6. The predicted molar refractivity (Wildman–Crippen MR) is 112 cm³/mol. The van der Waals surface area contributed by atoms with Crippen LogP contribution in [-0.4, -0.2) is 34.7 Å². The lowest BCUT2D eigenvalue weighted by Gasteiger charge is -2.31. The van der Waals surface area contributed by atoms with Crippen LogP contribution in [0.4, 0.5) is 5.69 Å². The average Bonchev–Trinajstić information content (AvgIpc) is 2.69. The Labute approximate surface area is 178 Å². The lowest BCUT2D eigenvalue weighted by atomic mass is 10.1. The van der Waals surface area contributed by atoms with Gasteiger partial charge in [0, 0.05) is 40.8 Å². The number of carbonyl (C=O) groups excluding carboxylic acids is 2. The number of hydrogen-bond donors (Lipinski definition) is 1. The van der Waals surface area contributed by atoms with Gasteiger partial charge in [0.15, 0.2) is 0 Å². The molecule has 0 aliphatic carbocycles. The van der Waals surface area contributed by atoms with Gasteiger partial charge in [0.05, 0.1) is 11.3 Å². The molecule has 2 amide bonds. The van der Waals surface area contributed by atoms with E-state index < -0.39 is 16.9 Å². The number of benzene rings is 2. The number of rotatable bonds is 8. The second-order valence-electron chi connectivity index (χ2n) is 6.32. The second kappa shape index (κ2) is 10.2. The van der Waals surface area contributed by atoms with E-state index in [1.165, 1.54) is 30.1 Å². The zero-order valence-electron chi connectivity index (χ0n) is 16.0. The number of halogens is 2. The average molecular weight is 438 g/mol. The van der Waals surface area contributed by atoms with Gasteiger partial charge in [0.2, 0.25) is 11.8 Å². The van der Waals surface area contributed by atoms with Crippen LogP contribution in [0.2, 0.25) is 10.0 Å². The summed E-state index contributed by atoms with van der Waals surface area (Å²) in [4.78, 5) is 37.7. The van der Waals surface area contributed by atoms with Crippen LogP contribution >= 0.6 is 23.2 Å². The fraction of sp³-hybridized carbons (Fsp3) is 0.300. The summed E-state index contributed by atoms with van der Waals surface area (Å²) in [5.74, 6) is -0.780. The van der Waals surface area contributed by atoms with Gasteiger partial charge in [-0.1, -0.05) is 54.4 Å². The molecule has 9 heteroatoms. The highest BCUT2D eigenvalue weighted by molar-refractivity contribution is 6.36. The molecular weight excluding hydrogens is 417 g/mol. The van der Waals surface area contributed by atoms with E-state index in [9.17, 15) is 19.7 Å². The number of para-hydroxylation sites is 1. The Balaban J connectivity index is 2.43. The fourth-order valence-electron chi connectivity index (χ4n) is 3.04. The number of amides is 2. The van der Waals surface area contributed by atoms with Crippen molar-refractivity contribution in [2.75, 3.05) is 7.05 Å². The standard InChI is InChI=1S/C20H21Cl2N3O4/c1-3-17(20(27)23-2)24(12-14-15(21)8-6-9-16(14)22)19(26)11-13-7-4-5-10-18(13)25(28)29/h4-10,17H,3,11-12H2,1-2H3,(H,23,27)/t17-/m1/s1. The van der Waals surface area contributed by atoms with Gasteiger partial charge in [0.25, 0.3) is 5.69 Å². The minimum Gasteiger partial charge on any atom is -0.357 e. The maximum Gasteiger partial charge on any atom is 0.273 e. The molecule has 0 aromatic heterocycles. The van der Waals surface area contributed by atoms with Crippen LogP contribution in [0.25, 0.3) is 0 Å². The van der Waals surface area contributed by atoms with Crippen LogP contribution in [-0.2, 0) is 22.6 Å². The summed E-state index contributed by atoms with van der Waals surface area (Å²) in [5, 5.41) is 14.6. The molecule has 2 aromatic carbocycles. The first kappa shape index (κ1) is 22.6. The molecule has 2 aromatic rings. The molecule has 0 heterocycles. The smallest absolute Gasteiger partial charge is 0.273 e. The molecule has 0 saturated heterocycles. The fourth-order valence-corrected chi connectivity index (χ4v) is 3.56. The van der Waals surface area contributed by atoms with Gasteiger partial charge in [0.1, 0.15) is 6.04 Å². The van der Waals surface area contributed by atoms with Crippen molar-refractivity contribution in [3.8, 4) is 0 Å². The van der Waals surface area contributed by atoms with Crippen LogP contribution < -0.4 is 5.32 Å². The molecule has 0 unspecified atom stereocenters. The molecule has 7 nitrogen and oxygen atoms in total. The number of nitrogens with zero attached hydrogens (tertiary/aromatic N) is 2. The second-order valence-corrected chi connectivity index (χ2v) is 7.14. The highest BCUT2D eigenvalue weighted by atomic mass is 35.5. The maximum atomic E-state index is 13.2. The van der Waals surface area contributed by atoms with Crippen molar-refractivity contribution >= 4 is 40.7 Å². The van der Waals surface area contributed by atoms with E-state index in [0.29, 0.717) is 22.0 Å². The first-order chi connectivity index (χ1) is 13.8. The van der Waals surface area contributed by atoms with Gasteiger partial charge in [-0.25, -0.2) is 0 Å². The highest BCUT2D eigenvalue weighted by Crippen LogP contribution is 2.28. The summed E-state index contributed by atoms with van der Waals surface area (Å²) >= 11 is 12.5. The topological polar surface area (TPSA) is 92.6 Å². The molecule has 0 radical (unpaired) electrons. The quantitative estimate of drug-likeness (QED) is 0.498. The van der Waals surface area contributed by atoms with Gasteiger partial charge < -0.3 is 10.2 Å². The van der Waals surface area contributed by atoms with E-state index in [0.717, 1.165) is 0 Å². The molecule has 29 heavy (non-hydrogen) atoms. The van der Waals surface area contributed by atoms with Crippen molar-refractivity contribution in [3.05, 3.63) is 73.8 Å². The number of carbonyl (C=O) groups is 2. The molecule has 1 N–H and O–H groups in total. The predicted octanol–water partition coefficient (Wildman–Crippen LogP) is 4.00. The molecule has 2 rings (SSSR count). The van der Waals surface area contributed by atoms with Crippen molar-refractivity contribution in [2.24, 2.45) is 0 Å². The van der Waals surface area contributed by atoms with Crippen molar-refractivity contribution in [3.63, 3.8) is 0 Å². The third kappa shape index (κ3) is 5.46. The summed E-state index contributed by atoms with van der Waals surface area (Å²) in [6.45, 7) is 1.78. The Hall–Kier alpha value is -2.64. The van der Waals surface area contributed by atoms with E-state index in [-0.39, 0.29) is 30.1 Å². The van der Waals surface area contributed by atoms with Gasteiger partial charge in [-0.15, -0.1) is 0 Å². The zero-order chi connectivity index (χ0) is 21.6.